The number of nitrogens with one attached hydrogen (secondary N) is 1. The lowest BCUT2D eigenvalue weighted by Crippen LogP contribution is -2.51. The van der Waals surface area contributed by atoms with Crippen LogP contribution in [0.1, 0.15) is 52.0 Å². The van der Waals surface area contributed by atoms with Crippen LogP contribution in [-0.2, 0) is 10.3 Å². The standard InChI is InChI=1S/C21H18BrFN2O3/c22-14-4-7-16-17(12-14)20(28)25(19(16)27)11-8-18(26)24-21(9-1-10-21)13-2-5-15(23)6-3-13/h2-7,12H,1,8-11H2,(H,24,26). The van der Waals surface area contributed by atoms with Gasteiger partial charge < -0.3 is 5.32 Å². The van der Waals surface area contributed by atoms with Gasteiger partial charge in [0.1, 0.15) is 5.82 Å². The van der Waals surface area contributed by atoms with Crippen molar-refractivity contribution in [3.05, 3.63) is 69.4 Å². The van der Waals surface area contributed by atoms with Crippen molar-refractivity contribution in [2.24, 2.45) is 0 Å². The number of carbonyl (C=O) groups is 3. The summed E-state index contributed by atoms with van der Waals surface area (Å²) in [5, 5.41) is 3.03. The smallest absolute Gasteiger partial charge is 0.261 e. The zero-order chi connectivity index (χ0) is 19.9. The number of rotatable bonds is 5. The molecular formula is C21H18BrFN2O3. The molecule has 2 aliphatic rings. The van der Waals surface area contributed by atoms with E-state index >= 15 is 0 Å². The van der Waals surface area contributed by atoms with Crippen LogP contribution in [0.5, 0.6) is 0 Å². The monoisotopic (exact) mass is 444 g/mol. The number of imide groups is 1. The first kappa shape index (κ1) is 18.8. The maximum Gasteiger partial charge on any atom is 0.261 e. The number of benzene rings is 2. The van der Waals surface area contributed by atoms with E-state index in [1.54, 1.807) is 30.3 Å². The molecule has 2 aromatic rings. The van der Waals surface area contributed by atoms with Crippen LogP contribution in [0.25, 0.3) is 0 Å². The number of hydrogen-bond acceptors (Lipinski definition) is 3. The molecule has 0 bridgehead atoms. The molecule has 5 nitrogen and oxygen atoms in total. The summed E-state index contributed by atoms with van der Waals surface area (Å²) in [5.74, 6) is -1.31. The molecule has 0 spiro atoms. The molecule has 0 saturated heterocycles. The number of halogens is 2. The van der Waals surface area contributed by atoms with Gasteiger partial charge in [-0.15, -0.1) is 0 Å². The molecule has 0 radical (unpaired) electrons. The van der Waals surface area contributed by atoms with Gasteiger partial charge in [-0.3, -0.25) is 19.3 Å². The summed E-state index contributed by atoms with van der Waals surface area (Å²) in [7, 11) is 0. The first-order chi connectivity index (χ1) is 13.4. The van der Waals surface area contributed by atoms with E-state index in [-0.39, 0.29) is 36.5 Å². The number of carbonyl (C=O) groups excluding carboxylic acids is 3. The minimum atomic E-state index is -0.488. The Morgan fingerprint density at radius 1 is 1.07 bits per heavy atom. The molecule has 1 N–H and O–H groups in total. The largest absolute Gasteiger partial charge is 0.347 e. The summed E-state index contributed by atoms with van der Waals surface area (Å²) in [6.07, 6.45) is 2.57. The Morgan fingerprint density at radius 2 is 1.75 bits per heavy atom. The third kappa shape index (κ3) is 3.24. The topological polar surface area (TPSA) is 66.5 Å². The number of nitrogens with zero attached hydrogens (tertiary/aromatic N) is 1. The van der Waals surface area contributed by atoms with Crippen LogP contribution in [0, 0.1) is 5.82 Å². The Bertz CT molecular complexity index is 970. The van der Waals surface area contributed by atoms with E-state index in [2.05, 4.69) is 21.2 Å². The van der Waals surface area contributed by atoms with Crippen LogP contribution in [0.2, 0.25) is 0 Å². The Hall–Kier alpha value is -2.54. The van der Waals surface area contributed by atoms with E-state index < -0.39 is 5.54 Å². The van der Waals surface area contributed by atoms with Crippen molar-refractivity contribution >= 4 is 33.7 Å². The molecule has 28 heavy (non-hydrogen) atoms. The second-order valence-electron chi connectivity index (χ2n) is 7.19. The third-order valence-electron chi connectivity index (χ3n) is 5.48. The fourth-order valence-corrected chi connectivity index (χ4v) is 4.15. The first-order valence-corrected chi connectivity index (χ1v) is 9.92. The predicted molar refractivity (Wildman–Crippen MR) is 104 cm³/mol. The summed E-state index contributed by atoms with van der Waals surface area (Å²) in [6.45, 7) is 0.0231. The molecule has 1 aliphatic carbocycles. The average Bonchev–Trinajstić information content (AvgIpc) is 2.87. The van der Waals surface area contributed by atoms with Gasteiger partial charge >= 0.3 is 0 Å². The van der Waals surface area contributed by atoms with Crippen LogP contribution in [0.3, 0.4) is 0 Å². The SMILES string of the molecule is O=C(CCN1C(=O)c2ccc(Br)cc2C1=O)NC1(c2ccc(F)cc2)CCC1. The van der Waals surface area contributed by atoms with Crippen molar-refractivity contribution in [3.63, 3.8) is 0 Å². The van der Waals surface area contributed by atoms with E-state index in [4.69, 9.17) is 0 Å². The van der Waals surface area contributed by atoms with E-state index in [0.717, 1.165) is 34.2 Å². The van der Waals surface area contributed by atoms with Crippen molar-refractivity contribution in [3.8, 4) is 0 Å². The number of amides is 3. The minimum Gasteiger partial charge on any atom is -0.347 e. The van der Waals surface area contributed by atoms with Gasteiger partial charge in [-0.05, 0) is 55.2 Å². The molecule has 3 amide bonds. The molecule has 2 aromatic carbocycles. The van der Waals surface area contributed by atoms with Crippen molar-refractivity contribution in [2.75, 3.05) is 6.54 Å². The molecule has 1 fully saturated rings. The van der Waals surface area contributed by atoms with Gasteiger partial charge in [0.25, 0.3) is 11.8 Å². The summed E-state index contributed by atoms with van der Waals surface area (Å²) >= 11 is 3.30. The van der Waals surface area contributed by atoms with Crippen molar-refractivity contribution in [1.29, 1.82) is 0 Å². The van der Waals surface area contributed by atoms with Gasteiger partial charge in [-0.1, -0.05) is 28.1 Å². The Kier molecular flexibility index (Phi) is 4.79. The lowest BCUT2D eigenvalue weighted by atomic mass is 9.71. The van der Waals surface area contributed by atoms with Crippen molar-refractivity contribution in [2.45, 2.75) is 31.2 Å². The normalized spacial score (nSPS) is 17.3. The lowest BCUT2D eigenvalue weighted by Gasteiger charge is -2.43. The first-order valence-electron chi connectivity index (χ1n) is 9.12. The molecule has 0 atom stereocenters. The summed E-state index contributed by atoms with van der Waals surface area (Å²) < 4.78 is 13.9. The minimum absolute atomic E-state index is 0.0231. The second-order valence-corrected chi connectivity index (χ2v) is 8.11. The Morgan fingerprint density at radius 3 is 2.39 bits per heavy atom. The van der Waals surface area contributed by atoms with Gasteiger partial charge in [0, 0.05) is 17.4 Å². The molecule has 4 rings (SSSR count). The molecule has 1 saturated carbocycles. The number of hydrogen-bond donors (Lipinski definition) is 1. The fraction of sp³-hybridized carbons (Fsp3) is 0.286. The Balaban J connectivity index is 1.42. The van der Waals surface area contributed by atoms with Gasteiger partial charge in [0.05, 0.1) is 16.7 Å². The van der Waals surface area contributed by atoms with E-state index in [0.29, 0.717) is 11.1 Å². The number of fused-ring (bicyclic) bond motifs is 1. The van der Waals surface area contributed by atoms with Crippen molar-refractivity contribution in [1.82, 2.24) is 10.2 Å². The lowest BCUT2D eigenvalue weighted by molar-refractivity contribution is -0.124. The second kappa shape index (κ2) is 7.13. The van der Waals surface area contributed by atoms with Crippen LogP contribution in [0.15, 0.2) is 46.9 Å². The zero-order valence-corrected chi connectivity index (χ0v) is 16.6. The van der Waals surface area contributed by atoms with Crippen LogP contribution in [0.4, 0.5) is 4.39 Å². The van der Waals surface area contributed by atoms with Gasteiger partial charge in [0.2, 0.25) is 5.91 Å². The van der Waals surface area contributed by atoms with E-state index in [9.17, 15) is 18.8 Å². The molecule has 1 aliphatic heterocycles. The van der Waals surface area contributed by atoms with Crippen LogP contribution in [-0.4, -0.2) is 29.2 Å². The van der Waals surface area contributed by atoms with Crippen molar-refractivity contribution < 1.29 is 18.8 Å². The quantitative estimate of drug-likeness (QED) is 0.713. The van der Waals surface area contributed by atoms with Crippen LogP contribution < -0.4 is 5.32 Å². The molecule has 0 unspecified atom stereocenters. The average molecular weight is 445 g/mol. The van der Waals surface area contributed by atoms with Gasteiger partial charge in [-0.2, -0.15) is 0 Å². The fourth-order valence-electron chi connectivity index (χ4n) is 3.79. The van der Waals surface area contributed by atoms with E-state index in [1.807, 2.05) is 0 Å². The maximum atomic E-state index is 13.2. The van der Waals surface area contributed by atoms with E-state index in [1.165, 1.54) is 12.1 Å². The highest BCUT2D eigenvalue weighted by atomic mass is 79.9. The van der Waals surface area contributed by atoms with Gasteiger partial charge in [0.15, 0.2) is 0 Å². The zero-order valence-electron chi connectivity index (χ0n) is 15.0. The Labute approximate surface area is 170 Å². The maximum absolute atomic E-state index is 13.2. The molecule has 1 heterocycles. The molecule has 0 aromatic heterocycles. The highest BCUT2D eigenvalue weighted by molar-refractivity contribution is 9.10. The highest BCUT2D eigenvalue weighted by Gasteiger charge is 2.40. The molecular weight excluding hydrogens is 427 g/mol. The highest BCUT2D eigenvalue weighted by Crippen LogP contribution is 2.41. The van der Waals surface area contributed by atoms with Crippen LogP contribution >= 0.6 is 15.9 Å². The predicted octanol–water partition coefficient (Wildman–Crippen LogP) is 3.77. The summed E-state index contributed by atoms with van der Waals surface area (Å²) in [5.41, 5.74) is 1.09. The molecule has 144 valence electrons. The summed E-state index contributed by atoms with van der Waals surface area (Å²) in [4.78, 5) is 38.6. The third-order valence-corrected chi connectivity index (χ3v) is 5.97. The summed E-state index contributed by atoms with van der Waals surface area (Å²) in [6, 6.07) is 11.1. The molecule has 7 heteroatoms. The van der Waals surface area contributed by atoms with Gasteiger partial charge in [-0.25, -0.2) is 4.39 Å².